The predicted molar refractivity (Wildman–Crippen MR) is 88.9 cm³/mol. The van der Waals surface area contributed by atoms with Crippen LogP contribution in [0, 0.1) is 0 Å². The summed E-state index contributed by atoms with van der Waals surface area (Å²) in [6.45, 7) is 0. The van der Waals surface area contributed by atoms with Crippen LogP contribution in [0.4, 0.5) is 0 Å². The van der Waals surface area contributed by atoms with E-state index in [0.717, 1.165) is 11.3 Å². The molecular weight excluding hydrogens is 432 g/mol. The maximum Gasteiger partial charge on any atom is 0.273 e. The Balaban J connectivity index is 0.00000220. The molecule has 0 saturated carbocycles. The normalized spacial score (nSPS) is 10.8. The number of benzene rings is 1. The van der Waals surface area contributed by atoms with Gasteiger partial charge >= 0.3 is 0 Å². The van der Waals surface area contributed by atoms with E-state index >= 15 is 0 Å². The van der Waals surface area contributed by atoms with Gasteiger partial charge in [-0.25, -0.2) is 13.1 Å². The minimum absolute atomic E-state index is 0. The first-order valence-corrected chi connectivity index (χ1v) is 8.92. The second-order valence-corrected chi connectivity index (χ2v) is 8.83. The Bertz CT molecular complexity index is 780. The van der Waals surface area contributed by atoms with E-state index in [0.29, 0.717) is 8.81 Å². The first kappa shape index (κ1) is 19.4. The van der Waals surface area contributed by atoms with Gasteiger partial charge in [-0.15, -0.1) is 11.3 Å². The third-order valence-corrected chi connectivity index (χ3v) is 6.21. The van der Waals surface area contributed by atoms with Gasteiger partial charge in [0.1, 0.15) is 4.21 Å². The van der Waals surface area contributed by atoms with Crippen LogP contribution in [0.1, 0.15) is 10.4 Å². The molecule has 2 rings (SSSR count). The molecule has 0 bridgehead atoms. The molecular formula is C11H6BrCl2NNaO3S2. The molecule has 0 spiro atoms. The molecule has 10 heteroatoms. The molecule has 0 unspecified atom stereocenters. The maximum atomic E-state index is 12.0. The second-order valence-electron chi connectivity index (χ2n) is 3.62. The van der Waals surface area contributed by atoms with Gasteiger partial charge in [-0.2, -0.15) is 0 Å². The number of thiophene rings is 1. The third kappa shape index (κ3) is 4.94. The molecule has 0 aliphatic rings. The number of rotatable bonds is 3. The van der Waals surface area contributed by atoms with E-state index in [1.807, 2.05) is 4.72 Å². The summed E-state index contributed by atoms with van der Waals surface area (Å²) in [4.78, 5) is 11.9. The van der Waals surface area contributed by atoms with Gasteiger partial charge in [0.2, 0.25) is 0 Å². The van der Waals surface area contributed by atoms with Crippen molar-refractivity contribution < 1.29 is 13.2 Å². The van der Waals surface area contributed by atoms with Crippen molar-refractivity contribution in [2.45, 2.75) is 4.21 Å². The second kappa shape index (κ2) is 7.79. The average molecular weight is 438 g/mol. The SMILES string of the molecule is O=C(NS(=O)(=O)c1ccc(Br)s1)c1ccc(Cl)cc1Cl.[Na]. The number of hydrogen-bond acceptors (Lipinski definition) is 4. The van der Waals surface area contributed by atoms with E-state index in [-0.39, 0.29) is 44.4 Å². The minimum atomic E-state index is -3.92. The molecule has 1 N–H and O–H groups in total. The number of amides is 1. The van der Waals surface area contributed by atoms with Gasteiger partial charge in [0, 0.05) is 34.6 Å². The Hall–Kier alpha value is 0.400. The zero-order valence-electron chi connectivity index (χ0n) is 10.6. The van der Waals surface area contributed by atoms with Gasteiger partial charge in [0.15, 0.2) is 0 Å². The van der Waals surface area contributed by atoms with Crippen LogP contribution in [0.15, 0.2) is 38.3 Å². The van der Waals surface area contributed by atoms with E-state index < -0.39 is 15.9 Å². The molecule has 0 saturated heterocycles. The fourth-order valence-corrected chi connectivity index (χ4v) is 4.81. The predicted octanol–water partition coefficient (Wildman–Crippen LogP) is 3.56. The largest absolute Gasteiger partial charge is 0.273 e. The van der Waals surface area contributed by atoms with Gasteiger partial charge in [-0.3, -0.25) is 4.79 Å². The smallest absolute Gasteiger partial charge is 0.268 e. The molecule has 1 radical (unpaired) electrons. The van der Waals surface area contributed by atoms with E-state index in [9.17, 15) is 13.2 Å². The first-order valence-electron chi connectivity index (χ1n) is 5.07. The van der Waals surface area contributed by atoms with E-state index in [1.54, 1.807) is 6.07 Å². The standard InChI is InChI=1S/C11H6BrCl2NO3S2.Na/c12-9-3-4-10(19-9)20(17,18)15-11(16)7-2-1-6(13)5-8(7)14;/h1-5H,(H,15,16);. The topological polar surface area (TPSA) is 63.2 Å². The summed E-state index contributed by atoms with van der Waals surface area (Å²) in [6, 6.07) is 7.16. The monoisotopic (exact) mass is 436 g/mol. The summed E-state index contributed by atoms with van der Waals surface area (Å²) in [5.41, 5.74) is 0.0373. The van der Waals surface area contributed by atoms with Crippen molar-refractivity contribution in [2.24, 2.45) is 0 Å². The quantitative estimate of drug-likeness (QED) is 0.746. The third-order valence-electron chi connectivity index (χ3n) is 2.22. The maximum absolute atomic E-state index is 12.0. The van der Waals surface area contributed by atoms with Crippen molar-refractivity contribution in [1.82, 2.24) is 4.72 Å². The fraction of sp³-hybridized carbons (Fsp3) is 0. The summed E-state index contributed by atoms with van der Waals surface area (Å²) >= 11 is 15.7. The van der Waals surface area contributed by atoms with Gasteiger partial charge in [-0.05, 0) is 46.3 Å². The zero-order chi connectivity index (χ0) is 14.9. The van der Waals surface area contributed by atoms with Crippen LogP contribution in [0.25, 0.3) is 0 Å². The molecule has 21 heavy (non-hydrogen) atoms. The van der Waals surface area contributed by atoms with E-state index in [4.69, 9.17) is 23.2 Å². The van der Waals surface area contributed by atoms with E-state index in [1.165, 1.54) is 24.3 Å². The van der Waals surface area contributed by atoms with Crippen LogP contribution in [-0.2, 0) is 10.0 Å². The summed E-state index contributed by atoms with van der Waals surface area (Å²) in [6.07, 6.45) is 0. The molecule has 0 aliphatic carbocycles. The van der Waals surface area contributed by atoms with Crippen LogP contribution in [0.3, 0.4) is 0 Å². The molecule has 1 aromatic heterocycles. The molecule has 1 aromatic carbocycles. The van der Waals surface area contributed by atoms with Crippen LogP contribution < -0.4 is 4.72 Å². The Kier molecular flexibility index (Phi) is 7.21. The number of carbonyl (C=O) groups is 1. The Morgan fingerprint density at radius 3 is 2.38 bits per heavy atom. The number of sulfonamides is 1. The van der Waals surface area contributed by atoms with Crippen molar-refractivity contribution in [3.8, 4) is 0 Å². The Labute approximate surface area is 166 Å². The van der Waals surface area contributed by atoms with Crippen molar-refractivity contribution in [2.75, 3.05) is 0 Å². The summed E-state index contributed by atoms with van der Waals surface area (Å²) < 4.78 is 26.6. The number of carbonyl (C=O) groups excluding carboxylic acids is 1. The first-order chi connectivity index (χ1) is 9.29. The van der Waals surface area contributed by atoms with Crippen molar-refractivity contribution >= 4 is 96.0 Å². The van der Waals surface area contributed by atoms with Crippen molar-refractivity contribution in [1.29, 1.82) is 0 Å². The molecule has 0 aliphatic heterocycles. The van der Waals surface area contributed by atoms with Crippen LogP contribution in [0.5, 0.6) is 0 Å². The van der Waals surface area contributed by atoms with Gasteiger partial charge in [0.05, 0.1) is 14.4 Å². The molecule has 0 fully saturated rings. The Morgan fingerprint density at radius 1 is 1.19 bits per heavy atom. The van der Waals surface area contributed by atoms with Crippen LogP contribution in [0.2, 0.25) is 10.0 Å². The van der Waals surface area contributed by atoms with Gasteiger partial charge in [0.25, 0.3) is 15.9 Å². The molecule has 4 nitrogen and oxygen atoms in total. The average Bonchev–Trinajstić information content (AvgIpc) is 2.75. The van der Waals surface area contributed by atoms with Crippen LogP contribution >= 0.6 is 50.5 Å². The summed E-state index contributed by atoms with van der Waals surface area (Å²) in [5.74, 6) is -0.809. The van der Waals surface area contributed by atoms with Crippen LogP contribution in [-0.4, -0.2) is 43.9 Å². The molecule has 1 amide bonds. The summed E-state index contributed by atoms with van der Waals surface area (Å²) in [5, 5.41) is 0.439. The summed E-state index contributed by atoms with van der Waals surface area (Å²) in [7, 11) is -3.92. The molecule has 2 aromatic rings. The Morgan fingerprint density at radius 2 is 1.86 bits per heavy atom. The zero-order valence-corrected chi connectivity index (χ0v) is 17.3. The number of hydrogen-bond donors (Lipinski definition) is 1. The molecule has 1 heterocycles. The van der Waals surface area contributed by atoms with Crippen molar-refractivity contribution in [3.63, 3.8) is 0 Å². The number of halogens is 3. The fourth-order valence-electron chi connectivity index (χ4n) is 1.34. The number of nitrogens with one attached hydrogen (secondary N) is 1. The molecule has 0 atom stereocenters. The minimum Gasteiger partial charge on any atom is -0.268 e. The van der Waals surface area contributed by atoms with Crippen molar-refractivity contribution in [3.05, 3.63) is 49.7 Å². The van der Waals surface area contributed by atoms with E-state index in [2.05, 4.69) is 15.9 Å². The molecule has 107 valence electrons. The van der Waals surface area contributed by atoms with Gasteiger partial charge in [-0.1, -0.05) is 23.2 Å². The van der Waals surface area contributed by atoms with Gasteiger partial charge < -0.3 is 0 Å².